The number of amides is 1. The van der Waals surface area contributed by atoms with Gasteiger partial charge in [0.15, 0.2) is 0 Å². The molecule has 0 aromatic heterocycles. The SMILES string of the molecule is C[C@@H](CO)C[C@@H](OC(N)=O)c1cccc(I)c1. The van der Waals surface area contributed by atoms with Gasteiger partial charge in [0, 0.05) is 10.2 Å². The summed E-state index contributed by atoms with van der Waals surface area (Å²) in [4.78, 5) is 10.9. The molecule has 0 spiro atoms. The molecule has 0 saturated heterocycles. The number of hydrogen-bond acceptors (Lipinski definition) is 3. The Labute approximate surface area is 114 Å². The first kappa shape index (κ1) is 14.2. The second-order valence-electron chi connectivity index (χ2n) is 4.00. The van der Waals surface area contributed by atoms with Gasteiger partial charge in [-0.15, -0.1) is 0 Å². The quantitative estimate of drug-likeness (QED) is 0.802. The van der Waals surface area contributed by atoms with Gasteiger partial charge in [-0.3, -0.25) is 0 Å². The van der Waals surface area contributed by atoms with Crippen molar-refractivity contribution in [3.05, 3.63) is 33.4 Å². The monoisotopic (exact) mass is 349 g/mol. The van der Waals surface area contributed by atoms with Gasteiger partial charge in [-0.05, 0) is 52.6 Å². The zero-order chi connectivity index (χ0) is 12.8. The predicted octanol–water partition coefficient (Wildman–Crippen LogP) is 2.45. The number of rotatable bonds is 5. The van der Waals surface area contributed by atoms with Crippen molar-refractivity contribution in [3.63, 3.8) is 0 Å². The van der Waals surface area contributed by atoms with Crippen LogP contribution in [0.5, 0.6) is 0 Å². The van der Waals surface area contributed by atoms with E-state index in [0.717, 1.165) is 9.13 Å². The van der Waals surface area contributed by atoms with E-state index in [-0.39, 0.29) is 12.5 Å². The molecule has 0 saturated carbocycles. The van der Waals surface area contributed by atoms with Crippen LogP contribution in [-0.4, -0.2) is 17.8 Å². The fraction of sp³-hybridized carbons (Fsp3) is 0.417. The Morgan fingerprint density at radius 1 is 1.59 bits per heavy atom. The van der Waals surface area contributed by atoms with E-state index in [0.29, 0.717) is 6.42 Å². The summed E-state index contributed by atoms with van der Waals surface area (Å²) in [5, 5.41) is 9.05. The molecule has 0 aliphatic rings. The second kappa shape index (κ2) is 6.80. The molecule has 3 N–H and O–H groups in total. The number of ether oxygens (including phenoxy) is 1. The van der Waals surface area contributed by atoms with Crippen molar-refractivity contribution in [3.8, 4) is 0 Å². The average Bonchev–Trinajstić information content (AvgIpc) is 2.27. The van der Waals surface area contributed by atoms with Crippen LogP contribution in [0.25, 0.3) is 0 Å². The highest BCUT2D eigenvalue weighted by atomic mass is 127. The summed E-state index contributed by atoms with van der Waals surface area (Å²) >= 11 is 2.19. The van der Waals surface area contributed by atoms with Crippen molar-refractivity contribution >= 4 is 28.7 Å². The number of carbonyl (C=O) groups is 1. The number of benzene rings is 1. The molecule has 17 heavy (non-hydrogen) atoms. The van der Waals surface area contributed by atoms with Gasteiger partial charge in [-0.1, -0.05) is 19.1 Å². The Balaban J connectivity index is 2.85. The van der Waals surface area contributed by atoms with Gasteiger partial charge >= 0.3 is 6.09 Å². The normalized spacial score (nSPS) is 14.1. The third-order valence-corrected chi connectivity index (χ3v) is 3.08. The van der Waals surface area contributed by atoms with Crippen molar-refractivity contribution in [1.29, 1.82) is 0 Å². The molecule has 0 heterocycles. The van der Waals surface area contributed by atoms with Crippen molar-refractivity contribution in [2.24, 2.45) is 11.7 Å². The zero-order valence-corrected chi connectivity index (χ0v) is 11.8. The highest BCUT2D eigenvalue weighted by molar-refractivity contribution is 14.1. The molecule has 4 nitrogen and oxygen atoms in total. The molecule has 1 rings (SSSR count). The summed E-state index contributed by atoms with van der Waals surface area (Å²) in [6.07, 6.45) is -0.636. The van der Waals surface area contributed by atoms with Crippen LogP contribution >= 0.6 is 22.6 Å². The van der Waals surface area contributed by atoms with Crippen LogP contribution < -0.4 is 5.73 Å². The molecule has 0 bridgehead atoms. The maximum atomic E-state index is 10.9. The Bertz CT molecular complexity index is 384. The average molecular weight is 349 g/mol. The van der Waals surface area contributed by atoms with Gasteiger partial charge in [-0.25, -0.2) is 4.79 Å². The first-order chi connectivity index (χ1) is 8.02. The summed E-state index contributed by atoms with van der Waals surface area (Å²) < 4.78 is 6.15. The van der Waals surface area contributed by atoms with Crippen LogP contribution in [0.1, 0.15) is 25.0 Å². The van der Waals surface area contributed by atoms with E-state index in [9.17, 15) is 4.79 Å². The fourth-order valence-electron chi connectivity index (χ4n) is 1.54. The lowest BCUT2D eigenvalue weighted by Gasteiger charge is -2.20. The maximum Gasteiger partial charge on any atom is 0.405 e. The van der Waals surface area contributed by atoms with Crippen LogP contribution in [-0.2, 0) is 4.74 Å². The van der Waals surface area contributed by atoms with Crippen LogP contribution in [0.2, 0.25) is 0 Å². The van der Waals surface area contributed by atoms with Crippen LogP contribution in [0, 0.1) is 9.49 Å². The lowest BCUT2D eigenvalue weighted by atomic mass is 9.99. The summed E-state index contributed by atoms with van der Waals surface area (Å²) in [6, 6.07) is 7.69. The topological polar surface area (TPSA) is 72.6 Å². The molecule has 0 radical (unpaired) electrons. The molecule has 1 aromatic rings. The first-order valence-electron chi connectivity index (χ1n) is 5.35. The van der Waals surface area contributed by atoms with Gasteiger partial charge in [0.1, 0.15) is 6.10 Å². The Morgan fingerprint density at radius 3 is 2.82 bits per heavy atom. The van der Waals surface area contributed by atoms with Crippen molar-refractivity contribution in [1.82, 2.24) is 0 Å². The molecule has 5 heteroatoms. The lowest BCUT2D eigenvalue weighted by molar-refractivity contribution is 0.0820. The second-order valence-corrected chi connectivity index (χ2v) is 5.25. The van der Waals surface area contributed by atoms with Gasteiger partial charge in [0.25, 0.3) is 0 Å². The highest BCUT2D eigenvalue weighted by Crippen LogP contribution is 2.26. The third-order valence-electron chi connectivity index (χ3n) is 2.41. The molecule has 0 unspecified atom stereocenters. The summed E-state index contributed by atoms with van der Waals surface area (Å²) in [6.45, 7) is 1.95. The minimum Gasteiger partial charge on any atom is -0.442 e. The number of carbonyl (C=O) groups excluding carboxylic acids is 1. The zero-order valence-electron chi connectivity index (χ0n) is 9.60. The van der Waals surface area contributed by atoms with E-state index in [2.05, 4.69) is 22.6 Å². The summed E-state index contributed by atoms with van der Waals surface area (Å²) in [5.41, 5.74) is 5.96. The smallest absolute Gasteiger partial charge is 0.405 e. The van der Waals surface area contributed by atoms with Gasteiger partial charge < -0.3 is 15.6 Å². The molecule has 0 aliphatic heterocycles. The summed E-state index contributed by atoms with van der Waals surface area (Å²) in [5.74, 6) is 0.0530. The number of halogens is 1. The van der Waals surface area contributed by atoms with E-state index in [1.807, 2.05) is 31.2 Å². The molecular formula is C12H16INO3. The van der Waals surface area contributed by atoms with Crippen molar-refractivity contribution in [2.75, 3.05) is 6.61 Å². The fourth-order valence-corrected chi connectivity index (χ4v) is 2.11. The van der Waals surface area contributed by atoms with E-state index in [1.165, 1.54) is 0 Å². The summed E-state index contributed by atoms with van der Waals surface area (Å²) in [7, 11) is 0. The first-order valence-corrected chi connectivity index (χ1v) is 6.43. The Hall–Kier alpha value is -0.820. The van der Waals surface area contributed by atoms with Crippen molar-refractivity contribution in [2.45, 2.75) is 19.4 Å². The van der Waals surface area contributed by atoms with E-state index < -0.39 is 12.2 Å². The van der Waals surface area contributed by atoms with Gasteiger partial charge in [-0.2, -0.15) is 0 Å². The van der Waals surface area contributed by atoms with Crippen LogP contribution in [0.15, 0.2) is 24.3 Å². The molecule has 1 aromatic carbocycles. The van der Waals surface area contributed by atoms with Crippen LogP contribution in [0.3, 0.4) is 0 Å². The highest BCUT2D eigenvalue weighted by Gasteiger charge is 2.18. The molecule has 0 fully saturated rings. The Kier molecular flexibility index (Phi) is 5.70. The number of hydrogen-bond donors (Lipinski definition) is 2. The lowest BCUT2D eigenvalue weighted by Crippen LogP contribution is -2.20. The van der Waals surface area contributed by atoms with E-state index in [1.54, 1.807) is 0 Å². The molecule has 1 amide bonds. The standard InChI is InChI=1S/C12H16INO3/c1-8(7-15)5-11(17-12(14)16)9-3-2-4-10(13)6-9/h2-4,6,8,11,15H,5,7H2,1H3,(H2,14,16)/t8-,11-/m1/s1. The predicted molar refractivity (Wildman–Crippen MR) is 73.4 cm³/mol. The number of primary amides is 1. The molecule has 0 aliphatic carbocycles. The molecule has 2 atom stereocenters. The maximum absolute atomic E-state index is 10.9. The number of aliphatic hydroxyl groups excluding tert-OH is 1. The minimum absolute atomic E-state index is 0.0530. The minimum atomic E-state index is -0.793. The van der Waals surface area contributed by atoms with Crippen LogP contribution in [0.4, 0.5) is 4.79 Å². The number of nitrogens with two attached hydrogens (primary N) is 1. The van der Waals surface area contributed by atoms with Gasteiger partial charge in [0.05, 0.1) is 0 Å². The van der Waals surface area contributed by atoms with E-state index >= 15 is 0 Å². The van der Waals surface area contributed by atoms with Gasteiger partial charge in [0.2, 0.25) is 0 Å². The largest absolute Gasteiger partial charge is 0.442 e. The van der Waals surface area contributed by atoms with E-state index in [4.69, 9.17) is 15.6 Å². The third kappa shape index (κ3) is 4.91. The number of aliphatic hydroxyl groups is 1. The molecular weight excluding hydrogens is 333 g/mol. The molecule has 94 valence electrons. The van der Waals surface area contributed by atoms with Crippen molar-refractivity contribution < 1.29 is 14.6 Å². The Morgan fingerprint density at radius 2 is 2.29 bits per heavy atom.